The first-order valence-electron chi connectivity index (χ1n) is 9.43. The molecular formula is C21H25N3O5S2. The van der Waals surface area contributed by atoms with E-state index in [0.717, 1.165) is 6.26 Å². The standard InChI is InChI=1S/C21H25N3O5S2/c1-23(2)9-10-24(20(25)14-11-15(28-3)13-16(12-14)29-4)21-22-19-17(30-21)7-6-8-18(19)31(5,26)27/h6-8,11-13H,9-10H2,1-5H3. The van der Waals surface area contributed by atoms with E-state index in [4.69, 9.17) is 9.47 Å². The number of ether oxygens (including phenoxy) is 2. The molecular weight excluding hydrogens is 438 g/mol. The van der Waals surface area contributed by atoms with Gasteiger partial charge in [0.05, 0.1) is 23.8 Å². The van der Waals surface area contributed by atoms with E-state index in [2.05, 4.69) is 4.98 Å². The number of thiazole rings is 1. The maximum atomic E-state index is 13.5. The van der Waals surface area contributed by atoms with E-state index in [0.29, 0.717) is 45.5 Å². The van der Waals surface area contributed by atoms with Crippen molar-refractivity contribution >= 4 is 42.4 Å². The van der Waals surface area contributed by atoms with E-state index in [1.165, 1.54) is 31.6 Å². The molecule has 0 unspecified atom stereocenters. The van der Waals surface area contributed by atoms with Crippen molar-refractivity contribution in [2.75, 3.05) is 52.6 Å². The van der Waals surface area contributed by atoms with Gasteiger partial charge in [0.1, 0.15) is 17.0 Å². The lowest BCUT2D eigenvalue weighted by molar-refractivity contribution is 0.0984. The number of carbonyl (C=O) groups excluding carboxylic acids is 1. The van der Waals surface area contributed by atoms with Crippen LogP contribution in [-0.2, 0) is 9.84 Å². The van der Waals surface area contributed by atoms with Crippen LogP contribution in [0.3, 0.4) is 0 Å². The number of nitrogens with zero attached hydrogens (tertiary/aromatic N) is 3. The average molecular weight is 464 g/mol. The van der Waals surface area contributed by atoms with Crippen molar-refractivity contribution in [2.45, 2.75) is 4.90 Å². The van der Waals surface area contributed by atoms with E-state index in [-0.39, 0.29) is 10.8 Å². The lowest BCUT2D eigenvalue weighted by Crippen LogP contribution is -2.36. The fourth-order valence-electron chi connectivity index (χ4n) is 3.00. The topological polar surface area (TPSA) is 89.0 Å². The van der Waals surface area contributed by atoms with Crippen LogP contribution in [0.25, 0.3) is 10.2 Å². The lowest BCUT2D eigenvalue weighted by atomic mass is 10.1. The first-order chi connectivity index (χ1) is 14.6. The molecule has 0 fully saturated rings. The average Bonchev–Trinajstić information content (AvgIpc) is 3.16. The zero-order valence-corrected chi connectivity index (χ0v) is 19.7. The number of hydrogen-bond donors (Lipinski definition) is 0. The van der Waals surface area contributed by atoms with Gasteiger partial charge in [0.2, 0.25) is 0 Å². The SMILES string of the molecule is COc1cc(OC)cc(C(=O)N(CCN(C)C)c2nc3c(S(C)(=O)=O)cccc3s2)c1. The number of hydrogen-bond acceptors (Lipinski definition) is 8. The molecule has 0 bridgehead atoms. The number of carbonyl (C=O) groups is 1. The van der Waals surface area contributed by atoms with E-state index in [9.17, 15) is 13.2 Å². The number of amides is 1. The Bertz CT molecular complexity index is 1180. The minimum Gasteiger partial charge on any atom is -0.497 e. The molecule has 0 atom stereocenters. The first kappa shape index (κ1) is 23.0. The van der Waals surface area contributed by atoms with Crippen LogP contribution in [0.2, 0.25) is 0 Å². The Hall–Kier alpha value is -2.69. The number of fused-ring (bicyclic) bond motifs is 1. The first-order valence-corrected chi connectivity index (χ1v) is 12.1. The van der Waals surface area contributed by atoms with Crippen LogP contribution in [0.1, 0.15) is 10.4 Å². The Labute approximate surface area is 185 Å². The normalized spacial score (nSPS) is 11.7. The fourth-order valence-corrected chi connectivity index (χ4v) is 4.91. The van der Waals surface area contributed by atoms with Crippen molar-refractivity contribution in [3.63, 3.8) is 0 Å². The van der Waals surface area contributed by atoms with Crippen LogP contribution in [0, 0.1) is 0 Å². The van der Waals surface area contributed by atoms with Crippen LogP contribution in [0.15, 0.2) is 41.3 Å². The zero-order chi connectivity index (χ0) is 22.8. The van der Waals surface area contributed by atoms with Crippen molar-refractivity contribution in [1.82, 2.24) is 9.88 Å². The smallest absolute Gasteiger partial charge is 0.260 e. The summed E-state index contributed by atoms with van der Waals surface area (Å²) in [6.07, 6.45) is 1.15. The molecule has 166 valence electrons. The second-order valence-corrected chi connectivity index (χ2v) is 10.2. The third-order valence-electron chi connectivity index (χ3n) is 4.62. The number of rotatable bonds is 8. The number of sulfone groups is 1. The number of aromatic nitrogens is 1. The summed E-state index contributed by atoms with van der Waals surface area (Å²) in [5, 5.41) is 0.430. The van der Waals surface area contributed by atoms with Crippen molar-refractivity contribution in [3.05, 3.63) is 42.0 Å². The van der Waals surface area contributed by atoms with Crippen molar-refractivity contribution in [1.29, 1.82) is 0 Å². The maximum Gasteiger partial charge on any atom is 0.260 e. The summed E-state index contributed by atoms with van der Waals surface area (Å²) in [6, 6.07) is 9.98. The Kier molecular flexibility index (Phi) is 6.83. The van der Waals surface area contributed by atoms with Crippen LogP contribution < -0.4 is 14.4 Å². The Morgan fingerprint density at radius 3 is 2.26 bits per heavy atom. The molecule has 3 rings (SSSR count). The summed E-state index contributed by atoms with van der Waals surface area (Å²) in [7, 11) is 3.41. The minimum absolute atomic E-state index is 0.149. The molecule has 0 saturated carbocycles. The van der Waals surface area contributed by atoms with Crippen LogP contribution in [0.4, 0.5) is 5.13 Å². The van der Waals surface area contributed by atoms with E-state index in [1.54, 1.807) is 35.2 Å². The number of likely N-dealkylation sites (N-methyl/N-ethyl adjacent to an activating group) is 1. The molecule has 0 aliphatic rings. The molecule has 1 amide bonds. The zero-order valence-electron chi connectivity index (χ0n) is 18.1. The van der Waals surface area contributed by atoms with Gasteiger partial charge in [-0.2, -0.15) is 0 Å². The predicted molar refractivity (Wildman–Crippen MR) is 123 cm³/mol. The third kappa shape index (κ3) is 5.15. The van der Waals surface area contributed by atoms with Gasteiger partial charge in [0.15, 0.2) is 15.0 Å². The molecule has 10 heteroatoms. The van der Waals surface area contributed by atoms with E-state index in [1.807, 2.05) is 19.0 Å². The van der Waals surface area contributed by atoms with Gasteiger partial charge in [0.25, 0.3) is 5.91 Å². The van der Waals surface area contributed by atoms with Crippen LogP contribution in [-0.4, -0.2) is 71.9 Å². The van der Waals surface area contributed by atoms with Gasteiger partial charge in [0, 0.05) is 31.0 Å². The quantitative estimate of drug-likeness (QED) is 0.507. The highest BCUT2D eigenvalue weighted by molar-refractivity contribution is 7.91. The Balaban J connectivity index is 2.11. The highest BCUT2D eigenvalue weighted by Crippen LogP contribution is 2.34. The van der Waals surface area contributed by atoms with Gasteiger partial charge in [-0.1, -0.05) is 17.4 Å². The summed E-state index contributed by atoms with van der Waals surface area (Å²) in [6.45, 7) is 0.973. The number of para-hydroxylation sites is 1. The molecule has 1 aromatic heterocycles. The number of methoxy groups -OCH3 is 2. The number of anilines is 1. The van der Waals surface area contributed by atoms with Gasteiger partial charge in [-0.3, -0.25) is 9.69 Å². The van der Waals surface area contributed by atoms with Gasteiger partial charge < -0.3 is 14.4 Å². The molecule has 0 aliphatic heterocycles. The molecule has 3 aromatic rings. The third-order valence-corrected chi connectivity index (χ3v) is 6.79. The summed E-state index contributed by atoms with van der Waals surface area (Å²) < 4.78 is 35.7. The summed E-state index contributed by atoms with van der Waals surface area (Å²) in [5.41, 5.74) is 0.758. The van der Waals surface area contributed by atoms with Crippen LogP contribution >= 0.6 is 11.3 Å². The number of benzene rings is 2. The van der Waals surface area contributed by atoms with Gasteiger partial charge in [-0.25, -0.2) is 13.4 Å². The Morgan fingerprint density at radius 1 is 1.06 bits per heavy atom. The van der Waals surface area contributed by atoms with Gasteiger partial charge in [-0.05, 0) is 38.4 Å². The minimum atomic E-state index is -3.46. The summed E-state index contributed by atoms with van der Waals surface area (Å²) in [4.78, 5) is 21.7. The highest BCUT2D eigenvalue weighted by Gasteiger charge is 2.24. The largest absolute Gasteiger partial charge is 0.497 e. The second kappa shape index (κ2) is 9.21. The fraction of sp³-hybridized carbons (Fsp3) is 0.333. The van der Waals surface area contributed by atoms with E-state index < -0.39 is 9.84 Å². The van der Waals surface area contributed by atoms with Crippen molar-refractivity contribution < 1.29 is 22.7 Å². The molecule has 1 heterocycles. The molecule has 0 radical (unpaired) electrons. The van der Waals surface area contributed by atoms with Crippen molar-refractivity contribution in [2.24, 2.45) is 0 Å². The van der Waals surface area contributed by atoms with Crippen LogP contribution in [0.5, 0.6) is 11.5 Å². The predicted octanol–water partition coefficient (Wildman–Crippen LogP) is 2.93. The van der Waals surface area contributed by atoms with Gasteiger partial charge >= 0.3 is 0 Å². The van der Waals surface area contributed by atoms with Crippen molar-refractivity contribution in [3.8, 4) is 11.5 Å². The molecule has 0 N–H and O–H groups in total. The maximum absolute atomic E-state index is 13.5. The molecule has 0 spiro atoms. The second-order valence-electron chi connectivity index (χ2n) is 7.23. The summed E-state index contributed by atoms with van der Waals surface area (Å²) in [5.74, 6) is 0.719. The lowest BCUT2D eigenvalue weighted by Gasteiger charge is -2.22. The molecule has 8 nitrogen and oxygen atoms in total. The monoisotopic (exact) mass is 463 g/mol. The molecule has 0 aliphatic carbocycles. The van der Waals surface area contributed by atoms with Gasteiger partial charge in [-0.15, -0.1) is 0 Å². The van der Waals surface area contributed by atoms with E-state index >= 15 is 0 Å². The highest BCUT2D eigenvalue weighted by atomic mass is 32.2. The molecule has 0 saturated heterocycles. The molecule has 2 aromatic carbocycles. The molecule has 31 heavy (non-hydrogen) atoms. The summed E-state index contributed by atoms with van der Waals surface area (Å²) >= 11 is 1.28. The Morgan fingerprint density at radius 2 is 1.71 bits per heavy atom.